The second-order valence-corrected chi connectivity index (χ2v) is 3.71. The predicted molar refractivity (Wildman–Crippen MR) is 63.7 cm³/mol. The Hall–Kier alpha value is -2.12. The van der Waals surface area contributed by atoms with Gasteiger partial charge in [-0.2, -0.15) is 5.26 Å². The van der Waals surface area contributed by atoms with E-state index in [1.807, 2.05) is 26.0 Å². The van der Waals surface area contributed by atoms with Gasteiger partial charge in [0, 0.05) is 11.6 Å². The van der Waals surface area contributed by atoms with Crippen LogP contribution in [0.25, 0.3) is 10.9 Å². The summed E-state index contributed by atoms with van der Waals surface area (Å²) < 4.78 is 0. The predicted octanol–water partition coefficient (Wildman–Crippen LogP) is 2.01. The summed E-state index contributed by atoms with van der Waals surface area (Å²) in [6.45, 7) is 4.04. The van der Waals surface area contributed by atoms with E-state index in [9.17, 15) is 0 Å². The average Bonchev–Trinajstić information content (AvgIpc) is 2.32. The Balaban J connectivity index is 2.91. The number of nitrogens with two attached hydrogens (primary N) is 1. The van der Waals surface area contributed by atoms with Crippen LogP contribution in [-0.2, 0) is 0 Å². The van der Waals surface area contributed by atoms with E-state index in [4.69, 9.17) is 11.1 Å². The molecule has 0 amide bonds. The Morgan fingerprint density at radius 1 is 1.38 bits per heavy atom. The Kier molecular flexibility index (Phi) is 2.47. The van der Waals surface area contributed by atoms with Crippen molar-refractivity contribution in [1.82, 2.24) is 4.98 Å². The van der Waals surface area contributed by atoms with E-state index in [1.165, 1.54) is 5.56 Å². The molecule has 4 heteroatoms. The first-order chi connectivity index (χ1) is 7.69. The molecule has 0 atom stereocenters. The number of nitrogens with zero attached hydrogens (tertiary/aromatic N) is 2. The minimum Gasteiger partial charge on any atom is -0.322 e. The first-order valence-electron chi connectivity index (χ1n) is 4.94. The summed E-state index contributed by atoms with van der Waals surface area (Å²) in [5, 5.41) is 9.83. The van der Waals surface area contributed by atoms with Crippen molar-refractivity contribution >= 4 is 16.6 Å². The van der Waals surface area contributed by atoms with Crippen LogP contribution in [0.1, 0.15) is 16.7 Å². The second-order valence-electron chi connectivity index (χ2n) is 3.71. The van der Waals surface area contributed by atoms with Crippen LogP contribution in [0.4, 0.5) is 5.69 Å². The van der Waals surface area contributed by atoms with E-state index >= 15 is 0 Å². The number of nitrogen functional groups attached to an aromatic ring is 1. The van der Waals surface area contributed by atoms with E-state index in [0.717, 1.165) is 16.5 Å². The molecule has 0 spiro atoms. The quantitative estimate of drug-likeness (QED) is 0.560. The highest BCUT2D eigenvalue weighted by atomic mass is 15.2. The van der Waals surface area contributed by atoms with Gasteiger partial charge >= 0.3 is 0 Å². The summed E-state index contributed by atoms with van der Waals surface area (Å²) in [5.41, 5.74) is 6.83. The van der Waals surface area contributed by atoms with E-state index in [1.54, 1.807) is 6.20 Å². The monoisotopic (exact) mass is 212 g/mol. The minimum atomic E-state index is 0.457. The van der Waals surface area contributed by atoms with Crippen molar-refractivity contribution in [2.24, 2.45) is 5.84 Å². The number of anilines is 1. The average molecular weight is 212 g/mol. The van der Waals surface area contributed by atoms with Crippen LogP contribution in [-0.4, -0.2) is 4.98 Å². The number of hydrazine groups is 1. The van der Waals surface area contributed by atoms with Crippen LogP contribution in [0.3, 0.4) is 0 Å². The summed E-state index contributed by atoms with van der Waals surface area (Å²) in [4.78, 5) is 4.30. The van der Waals surface area contributed by atoms with Gasteiger partial charge in [0.15, 0.2) is 0 Å². The topological polar surface area (TPSA) is 74.7 Å². The van der Waals surface area contributed by atoms with Gasteiger partial charge < -0.3 is 5.43 Å². The van der Waals surface area contributed by atoms with Gasteiger partial charge in [0.1, 0.15) is 6.07 Å². The normalized spacial score (nSPS) is 10.1. The number of nitrogens with one attached hydrogen (secondary N) is 1. The lowest BCUT2D eigenvalue weighted by molar-refractivity contribution is 1.27. The Labute approximate surface area is 93.7 Å². The molecule has 0 saturated carbocycles. The first-order valence-corrected chi connectivity index (χ1v) is 4.94. The third-order valence-electron chi connectivity index (χ3n) is 2.83. The van der Waals surface area contributed by atoms with Crippen LogP contribution >= 0.6 is 0 Å². The number of fused-ring (bicyclic) bond motifs is 1. The van der Waals surface area contributed by atoms with Crippen LogP contribution in [0, 0.1) is 25.2 Å². The van der Waals surface area contributed by atoms with E-state index < -0.39 is 0 Å². The van der Waals surface area contributed by atoms with Gasteiger partial charge in [0.05, 0.1) is 16.8 Å². The molecule has 0 saturated heterocycles. The van der Waals surface area contributed by atoms with Gasteiger partial charge in [-0.25, -0.2) is 0 Å². The van der Waals surface area contributed by atoms with Crippen LogP contribution in [0.2, 0.25) is 0 Å². The molecule has 1 aromatic heterocycles. The number of pyridine rings is 1. The zero-order chi connectivity index (χ0) is 11.7. The van der Waals surface area contributed by atoms with E-state index in [-0.39, 0.29) is 0 Å². The van der Waals surface area contributed by atoms with Crippen molar-refractivity contribution < 1.29 is 0 Å². The fraction of sp³-hybridized carbons (Fsp3) is 0.167. The van der Waals surface area contributed by atoms with Crippen LogP contribution in [0.15, 0.2) is 18.3 Å². The van der Waals surface area contributed by atoms with Gasteiger partial charge in [-0.1, -0.05) is 12.1 Å². The number of hydrogen-bond donors (Lipinski definition) is 2. The van der Waals surface area contributed by atoms with Crippen molar-refractivity contribution in [1.29, 1.82) is 5.26 Å². The number of hydrogen-bond acceptors (Lipinski definition) is 4. The molecule has 1 heterocycles. The second kappa shape index (κ2) is 3.80. The smallest absolute Gasteiger partial charge is 0.103 e. The van der Waals surface area contributed by atoms with Crippen molar-refractivity contribution in [3.05, 3.63) is 35.0 Å². The molecular formula is C12H12N4. The lowest BCUT2D eigenvalue weighted by Crippen LogP contribution is -2.09. The zero-order valence-electron chi connectivity index (χ0n) is 9.20. The van der Waals surface area contributed by atoms with Crippen LogP contribution < -0.4 is 11.3 Å². The molecule has 0 aliphatic rings. The zero-order valence-corrected chi connectivity index (χ0v) is 9.20. The number of rotatable bonds is 1. The van der Waals surface area contributed by atoms with Crippen LogP contribution in [0.5, 0.6) is 0 Å². The van der Waals surface area contributed by atoms with Crippen molar-refractivity contribution in [3.63, 3.8) is 0 Å². The number of nitriles is 1. The van der Waals surface area contributed by atoms with Gasteiger partial charge in [-0.3, -0.25) is 10.8 Å². The Bertz CT molecular complexity index is 596. The molecule has 0 aliphatic carbocycles. The lowest BCUT2D eigenvalue weighted by atomic mass is 10.0. The molecular weight excluding hydrogens is 200 g/mol. The van der Waals surface area contributed by atoms with E-state index in [0.29, 0.717) is 11.3 Å². The first kappa shape index (κ1) is 10.4. The highest BCUT2D eigenvalue weighted by Crippen LogP contribution is 2.28. The summed E-state index contributed by atoms with van der Waals surface area (Å²) in [7, 11) is 0. The fourth-order valence-electron chi connectivity index (χ4n) is 1.75. The SMILES string of the molecule is Cc1ccc2c(NN)c(C#N)cnc2c1C. The molecule has 0 aliphatic heterocycles. The van der Waals surface area contributed by atoms with Gasteiger partial charge in [-0.15, -0.1) is 0 Å². The molecule has 2 aromatic rings. The van der Waals surface area contributed by atoms with E-state index in [2.05, 4.69) is 16.5 Å². The maximum absolute atomic E-state index is 8.95. The summed E-state index contributed by atoms with van der Waals surface area (Å²) in [6.07, 6.45) is 1.55. The number of benzene rings is 1. The molecule has 3 N–H and O–H groups in total. The third-order valence-corrected chi connectivity index (χ3v) is 2.83. The molecule has 0 unspecified atom stereocenters. The van der Waals surface area contributed by atoms with Gasteiger partial charge in [0.25, 0.3) is 0 Å². The minimum absolute atomic E-state index is 0.457. The third kappa shape index (κ3) is 1.38. The van der Waals surface area contributed by atoms with Crippen molar-refractivity contribution in [3.8, 4) is 6.07 Å². The molecule has 1 aromatic carbocycles. The fourth-order valence-corrected chi connectivity index (χ4v) is 1.75. The molecule has 0 fully saturated rings. The maximum Gasteiger partial charge on any atom is 0.103 e. The summed E-state index contributed by atoms with van der Waals surface area (Å²) in [5.74, 6) is 5.45. The molecule has 2 rings (SSSR count). The number of aryl methyl sites for hydroxylation is 2. The highest BCUT2D eigenvalue weighted by molar-refractivity contribution is 5.95. The summed E-state index contributed by atoms with van der Waals surface area (Å²) >= 11 is 0. The number of aromatic nitrogens is 1. The Morgan fingerprint density at radius 3 is 2.75 bits per heavy atom. The lowest BCUT2D eigenvalue weighted by Gasteiger charge is -2.10. The summed E-state index contributed by atoms with van der Waals surface area (Å²) in [6, 6.07) is 6.00. The van der Waals surface area contributed by atoms with Gasteiger partial charge in [0.2, 0.25) is 0 Å². The molecule has 4 nitrogen and oxygen atoms in total. The standard InChI is InChI=1S/C12H12N4/c1-7-3-4-10-11(8(7)2)15-6-9(5-13)12(10)16-14/h3-4,6H,14H2,1-2H3,(H,15,16). The van der Waals surface area contributed by atoms with Gasteiger partial charge in [-0.05, 0) is 25.0 Å². The maximum atomic E-state index is 8.95. The molecule has 0 radical (unpaired) electrons. The highest BCUT2D eigenvalue weighted by Gasteiger charge is 2.09. The Morgan fingerprint density at radius 2 is 2.12 bits per heavy atom. The largest absolute Gasteiger partial charge is 0.322 e. The van der Waals surface area contributed by atoms with Crippen molar-refractivity contribution in [2.75, 3.05) is 5.43 Å². The molecule has 16 heavy (non-hydrogen) atoms. The molecule has 0 bridgehead atoms. The van der Waals surface area contributed by atoms with Crippen molar-refractivity contribution in [2.45, 2.75) is 13.8 Å². The molecule has 80 valence electrons.